The predicted molar refractivity (Wildman–Crippen MR) is 71.0 cm³/mol. The van der Waals surface area contributed by atoms with E-state index in [2.05, 4.69) is 5.32 Å². The Morgan fingerprint density at radius 1 is 1.29 bits per heavy atom. The van der Waals surface area contributed by atoms with Crippen molar-refractivity contribution in [1.29, 1.82) is 0 Å². The van der Waals surface area contributed by atoms with E-state index in [4.69, 9.17) is 27.6 Å². The normalized spacial score (nSPS) is 15.7. The van der Waals surface area contributed by atoms with E-state index in [9.17, 15) is 0 Å². The van der Waals surface area contributed by atoms with Crippen molar-refractivity contribution in [3.05, 3.63) is 33.5 Å². The fourth-order valence-electron chi connectivity index (χ4n) is 2.30. The van der Waals surface area contributed by atoms with Crippen LogP contribution in [0.15, 0.2) is 16.5 Å². The summed E-state index contributed by atoms with van der Waals surface area (Å²) in [5.41, 5.74) is 1.98. The number of benzene rings is 1. The lowest BCUT2D eigenvalue weighted by atomic mass is 10.1. The van der Waals surface area contributed by atoms with Gasteiger partial charge in [0.2, 0.25) is 0 Å². The Balaban J connectivity index is 2.30. The molecule has 1 aliphatic rings. The van der Waals surface area contributed by atoms with E-state index >= 15 is 0 Å². The van der Waals surface area contributed by atoms with Gasteiger partial charge in [-0.1, -0.05) is 23.2 Å². The van der Waals surface area contributed by atoms with Gasteiger partial charge in [0, 0.05) is 10.9 Å². The summed E-state index contributed by atoms with van der Waals surface area (Å²) in [5, 5.41) is 5.50. The molecule has 1 saturated carbocycles. The van der Waals surface area contributed by atoms with Crippen molar-refractivity contribution in [2.24, 2.45) is 0 Å². The molecule has 4 heteroatoms. The van der Waals surface area contributed by atoms with Gasteiger partial charge in [-0.05, 0) is 37.9 Å². The first kappa shape index (κ1) is 11.4. The molecule has 0 atom stereocenters. The SMILES string of the molecule is CNCc1oc2c(Cl)ccc(Cl)c2c1C1CC1. The molecule has 1 aromatic heterocycles. The van der Waals surface area contributed by atoms with E-state index in [1.807, 2.05) is 13.1 Å². The minimum Gasteiger partial charge on any atom is -0.458 e. The Hall–Kier alpha value is -0.700. The maximum Gasteiger partial charge on any atom is 0.154 e. The second-order valence-corrected chi connectivity index (χ2v) is 5.29. The van der Waals surface area contributed by atoms with Gasteiger partial charge in [0.25, 0.3) is 0 Å². The summed E-state index contributed by atoms with van der Waals surface area (Å²) in [6.07, 6.45) is 2.43. The molecule has 1 aromatic carbocycles. The largest absolute Gasteiger partial charge is 0.458 e. The highest BCUT2D eigenvalue weighted by Gasteiger charge is 2.32. The van der Waals surface area contributed by atoms with Gasteiger partial charge in [-0.25, -0.2) is 0 Å². The Morgan fingerprint density at radius 3 is 2.65 bits per heavy atom. The molecule has 2 nitrogen and oxygen atoms in total. The average Bonchev–Trinajstić information content (AvgIpc) is 3.06. The smallest absolute Gasteiger partial charge is 0.154 e. The highest BCUT2D eigenvalue weighted by Crippen LogP contribution is 2.48. The van der Waals surface area contributed by atoms with Crippen molar-refractivity contribution < 1.29 is 4.42 Å². The van der Waals surface area contributed by atoms with Gasteiger partial charge >= 0.3 is 0 Å². The summed E-state index contributed by atoms with van der Waals surface area (Å²) in [6, 6.07) is 3.63. The Labute approximate surface area is 110 Å². The van der Waals surface area contributed by atoms with Crippen LogP contribution in [-0.2, 0) is 6.54 Å². The van der Waals surface area contributed by atoms with Crippen LogP contribution >= 0.6 is 23.2 Å². The molecular weight excluding hydrogens is 257 g/mol. The van der Waals surface area contributed by atoms with Crippen molar-refractivity contribution >= 4 is 34.2 Å². The molecule has 90 valence electrons. The molecule has 0 radical (unpaired) electrons. The summed E-state index contributed by atoms with van der Waals surface area (Å²) in [5.74, 6) is 1.57. The molecule has 2 aromatic rings. The number of furan rings is 1. The molecule has 1 N–H and O–H groups in total. The molecular formula is C13H13Cl2NO. The van der Waals surface area contributed by atoms with Crippen LogP contribution in [0, 0.1) is 0 Å². The van der Waals surface area contributed by atoms with Crippen LogP contribution in [0.5, 0.6) is 0 Å². The van der Waals surface area contributed by atoms with Crippen LogP contribution in [-0.4, -0.2) is 7.05 Å². The second-order valence-electron chi connectivity index (χ2n) is 4.48. The summed E-state index contributed by atoms with van der Waals surface area (Å²) < 4.78 is 5.87. The Bertz CT molecular complexity index is 572. The topological polar surface area (TPSA) is 25.2 Å². The third-order valence-electron chi connectivity index (χ3n) is 3.18. The first-order valence-corrected chi connectivity index (χ1v) is 6.52. The van der Waals surface area contributed by atoms with Gasteiger partial charge in [-0.2, -0.15) is 0 Å². The maximum atomic E-state index is 6.28. The Morgan fingerprint density at radius 2 is 2.00 bits per heavy atom. The van der Waals surface area contributed by atoms with Gasteiger partial charge < -0.3 is 9.73 Å². The zero-order valence-corrected chi connectivity index (χ0v) is 11.0. The van der Waals surface area contributed by atoms with Crippen LogP contribution < -0.4 is 5.32 Å². The van der Waals surface area contributed by atoms with Gasteiger partial charge in [0.1, 0.15) is 5.76 Å². The zero-order chi connectivity index (χ0) is 12.0. The number of halogens is 2. The van der Waals surface area contributed by atoms with Gasteiger partial charge in [-0.15, -0.1) is 0 Å². The molecule has 1 heterocycles. The molecule has 1 aliphatic carbocycles. The number of hydrogen-bond acceptors (Lipinski definition) is 2. The first-order chi connectivity index (χ1) is 8.22. The van der Waals surface area contributed by atoms with Crippen LogP contribution in [0.2, 0.25) is 10.0 Å². The third-order valence-corrected chi connectivity index (χ3v) is 3.79. The standard InChI is InChI=1S/C13H13Cl2NO/c1-16-6-10-11(7-2-3-7)12-8(14)4-5-9(15)13(12)17-10/h4-5,7,16H,2-3,6H2,1H3. The van der Waals surface area contributed by atoms with Crippen LogP contribution in [0.3, 0.4) is 0 Å². The Kier molecular flexibility index (Phi) is 2.81. The van der Waals surface area contributed by atoms with E-state index in [0.717, 1.165) is 21.8 Å². The minimum atomic E-state index is 0.593. The van der Waals surface area contributed by atoms with Crippen molar-refractivity contribution in [2.75, 3.05) is 7.05 Å². The number of fused-ring (bicyclic) bond motifs is 1. The minimum absolute atomic E-state index is 0.593. The molecule has 0 amide bonds. The summed E-state index contributed by atoms with van der Waals surface area (Å²) in [7, 11) is 1.91. The zero-order valence-electron chi connectivity index (χ0n) is 9.52. The average molecular weight is 270 g/mol. The molecule has 17 heavy (non-hydrogen) atoms. The van der Waals surface area contributed by atoms with E-state index in [-0.39, 0.29) is 0 Å². The predicted octanol–water partition coefficient (Wildman–Crippen LogP) is 4.34. The lowest BCUT2D eigenvalue weighted by Gasteiger charge is -2.00. The van der Waals surface area contributed by atoms with Crippen LogP contribution in [0.25, 0.3) is 11.0 Å². The molecule has 0 spiro atoms. The molecule has 0 saturated heterocycles. The molecule has 0 unspecified atom stereocenters. The second kappa shape index (κ2) is 4.20. The van der Waals surface area contributed by atoms with Crippen molar-refractivity contribution in [2.45, 2.75) is 25.3 Å². The monoisotopic (exact) mass is 269 g/mol. The van der Waals surface area contributed by atoms with Gasteiger partial charge in [0.05, 0.1) is 16.6 Å². The third kappa shape index (κ3) is 1.85. The van der Waals surface area contributed by atoms with Crippen molar-refractivity contribution in [1.82, 2.24) is 5.32 Å². The fourth-order valence-corrected chi connectivity index (χ4v) is 2.74. The van der Waals surface area contributed by atoms with E-state index in [0.29, 0.717) is 17.5 Å². The highest BCUT2D eigenvalue weighted by molar-refractivity contribution is 6.40. The van der Waals surface area contributed by atoms with E-state index in [1.54, 1.807) is 6.07 Å². The van der Waals surface area contributed by atoms with Crippen molar-refractivity contribution in [3.63, 3.8) is 0 Å². The van der Waals surface area contributed by atoms with Gasteiger partial charge in [0.15, 0.2) is 5.58 Å². The van der Waals surface area contributed by atoms with Crippen LogP contribution in [0.1, 0.15) is 30.1 Å². The lowest BCUT2D eigenvalue weighted by molar-refractivity contribution is 0.524. The first-order valence-electron chi connectivity index (χ1n) is 5.76. The molecule has 3 rings (SSSR count). The van der Waals surface area contributed by atoms with Gasteiger partial charge in [-0.3, -0.25) is 0 Å². The number of rotatable bonds is 3. The molecule has 0 aliphatic heterocycles. The summed E-state index contributed by atoms with van der Waals surface area (Å²) in [6.45, 7) is 0.715. The maximum absolute atomic E-state index is 6.28. The molecule has 0 bridgehead atoms. The highest BCUT2D eigenvalue weighted by atomic mass is 35.5. The fraction of sp³-hybridized carbons (Fsp3) is 0.385. The summed E-state index contributed by atoms with van der Waals surface area (Å²) >= 11 is 12.4. The van der Waals surface area contributed by atoms with E-state index in [1.165, 1.54) is 18.4 Å². The lowest BCUT2D eigenvalue weighted by Crippen LogP contribution is -2.05. The summed E-state index contributed by atoms with van der Waals surface area (Å²) in [4.78, 5) is 0. The number of nitrogens with one attached hydrogen (secondary N) is 1. The number of hydrogen-bond donors (Lipinski definition) is 1. The van der Waals surface area contributed by atoms with E-state index < -0.39 is 0 Å². The van der Waals surface area contributed by atoms with Crippen LogP contribution in [0.4, 0.5) is 0 Å². The van der Waals surface area contributed by atoms with Crippen molar-refractivity contribution in [3.8, 4) is 0 Å². The molecule has 1 fully saturated rings. The quantitative estimate of drug-likeness (QED) is 0.897.